The van der Waals surface area contributed by atoms with Gasteiger partial charge in [-0.05, 0) is 37.6 Å². The Balaban J connectivity index is 2.31. The molecule has 0 aliphatic heterocycles. The van der Waals surface area contributed by atoms with Crippen LogP contribution in [0, 0.1) is 0 Å². The van der Waals surface area contributed by atoms with Crippen LogP contribution in [-0.2, 0) is 7.05 Å². The molecular weight excluding hydrogens is 294 g/mol. The molecule has 122 valence electrons. The molecule has 1 amide bonds. The normalized spacial score (nSPS) is 11.8. The average molecular weight is 315 g/mol. The fraction of sp³-hybridized carbons (Fsp3) is 0.353. The second-order valence-electron chi connectivity index (χ2n) is 5.22. The zero-order valence-electron chi connectivity index (χ0n) is 13.8. The highest BCUT2D eigenvalue weighted by Gasteiger charge is 2.23. The highest BCUT2D eigenvalue weighted by molar-refractivity contribution is 5.92. The number of carbonyl (C=O) groups is 1. The highest BCUT2D eigenvalue weighted by Crippen LogP contribution is 2.24. The number of hydrogen-bond donors (Lipinski definition) is 0. The number of amides is 1. The summed E-state index contributed by atoms with van der Waals surface area (Å²) < 4.78 is 6.40. The molecule has 0 saturated heterocycles. The van der Waals surface area contributed by atoms with Crippen LogP contribution in [0.25, 0.3) is 0 Å². The first-order valence-corrected chi connectivity index (χ1v) is 7.47. The van der Waals surface area contributed by atoms with Gasteiger partial charge in [-0.3, -0.25) is 9.59 Å². The van der Waals surface area contributed by atoms with Crippen molar-refractivity contribution in [3.05, 3.63) is 58.0 Å². The van der Waals surface area contributed by atoms with Gasteiger partial charge in [-0.2, -0.15) is 5.10 Å². The summed E-state index contributed by atoms with van der Waals surface area (Å²) in [7, 11) is 3.14. The number of ether oxygens (including phenoxy) is 1. The average Bonchev–Trinajstić information content (AvgIpc) is 2.57. The molecular formula is C17H21N3O3. The van der Waals surface area contributed by atoms with Crippen molar-refractivity contribution in [2.75, 3.05) is 13.7 Å². The van der Waals surface area contributed by atoms with Gasteiger partial charge in [0.25, 0.3) is 11.5 Å². The standard InChI is InChI=1S/C17H21N3O3/c1-5-20(12(2)13-7-6-8-14(11-13)23-4)17(22)15-9-10-16(21)19(3)18-15/h6-12H,5H2,1-4H3. The van der Waals surface area contributed by atoms with Crippen molar-refractivity contribution < 1.29 is 9.53 Å². The van der Waals surface area contributed by atoms with Gasteiger partial charge >= 0.3 is 0 Å². The van der Waals surface area contributed by atoms with E-state index in [-0.39, 0.29) is 23.2 Å². The molecule has 2 rings (SSSR count). The molecule has 1 heterocycles. The summed E-state index contributed by atoms with van der Waals surface area (Å²) in [4.78, 5) is 25.9. The van der Waals surface area contributed by atoms with Crippen molar-refractivity contribution in [1.82, 2.24) is 14.7 Å². The Morgan fingerprint density at radius 1 is 1.35 bits per heavy atom. The van der Waals surface area contributed by atoms with Gasteiger partial charge in [0.15, 0.2) is 0 Å². The molecule has 1 unspecified atom stereocenters. The predicted octanol–water partition coefficient (Wildman–Crippen LogP) is 2.01. The molecule has 0 fully saturated rings. The number of benzene rings is 1. The Labute approximate surface area is 135 Å². The molecule has 6 heteroatoms. The van der Waals surface area contributed by atoms with Crippen LogP contribution in [0.3, 0.4) is 0 Å². The Hall–Kier alpha value is -2.63. The molecule has 23 heavy (non-hydrogen) atoms. The van der Waals surface area contributed by atoms with Gasteiger partial charge in [-0.25, -0.2) is 4.68 Å². The summed E-state index contributed by atoms with van der Waals surface area (Å²) in [5, 5.41) is 4.04. The molecule has 6 nitrogen and oxygen atoms in total. The van der Waals surface area contributed by atoms with E-state index in [0.29, 0.717) is 6.54 Å². The molecule has 0 spiro atoms. The number of hydrogen-bond acceptors (Lipinski definition) is 4. The Morgan fingerprint density at radius 2 is 2.09 bits per heavy atom. The quantitative estimate of drug-likeness (QED) is 0.846. The molecule has 1 aromatic carbocycles. The van der Waals surface area contributed by atoms with Crippen molar-refractivity contribution in [2.45, 2.75) is 19.9 Å². The first-order valence-electron chi connectivity index (χ1n) is 7.47. The van der Waals surface area contributed by atoms with E-state index in [4.69, 9.17) is 4.74 Å². The zero-order chi connectivity index (χ0) is 17.0. The lowest BCUT2D eigenvalue weighted by atomic mass is 10.1. The third kappa shape index (κ3) is 3.59. The zero-order valence-corrected chi connectivity index (χ0v) is 13.8. The van der Waals surface area contributed by atoms with E-state index in [2.05, 4.69) is 5.10 Å². The summed E-state index contributed by atoms with van der Waals surface area (Å²) in [6.07, 6.45) is 0. The topological polar surface area (TPSA) is 64.4 Å². The maximum Gasteiger partial charge on any atom is 0.274 e. The van der Waals surface area contributed by atoms with Crippen molar-refractivity contribution in [3.8, 4) is 5.75 Å². The van der Waals surface area contributed by atoms with E-state index in [1.807, 2.05) is 38.1 Å². The van der Waals surface area contributed by atoms with Gasteiger partial charge in [-0.15, -0.1) is 0 Å². The van der Waals surface area contributed by atoms with Crippen LogP contribution in [0.1, 0.15) is 35.9 Å². The van der Waals surface area contributed by atoms with Crippen molar-refractivity contribution in [3.63, 3.8) is 0 Å². The van der Waals surface area contributed by atoms with Crippen molar-refractivity contribution in [1.29, 1.82) is 0 Å². The van der Waals surface area contributed by atoms with Crippen LogP contribution in [0.5, 0.6) is 5.75 Å². The predicted molar refractivity (Wildman–Crippen MR) is 87.6 cm³/mol. The molecule has 0 bridgehead atoms. The van der Waals surface area contributed by atoms with Crippen LogP contribution in [0.4, 0.5) is 0 Å². The lowest BCUT2D eigenvalue weighted by Gasteiger charge is -2.28. The van der Waals surface area contributed by atoms with Crippen LogP contribution in [0.15, 0.2) is 41.2 Å². The number of aryl methyl sites for hydroxylation is 1. The number of methoxy groups -OCH3 is 1. The molecule has 0 aliphatic carbocycles. The van der Waals surface area contributed by atoms with E-state index in [0.717, 1.165) is 16.0 Å². The van der Waals surface area contributed by atoms with Gasteiger partial charge in [-0.1, -0.05) is 12.1 Å². The first-order chi connectivity index (χ1) is 11.0. The molecule has 0 aliphatic rings. The summed E-state index contributed by atoms with van der Waals surface area (Å²) in [5.41, 5.74) is 0.985. The minimum atomic E-state index is -0.245. The van der Waals surface area contributed by atoms with Crippen molar-refractivity contribution >= 4 is 5.91 Å². The maximum absolute atomic E-state index is 12.7. The first kappa shape index (κ1) is 16.7. The fourth-order valence-corrected chi connectivity index (χ4v) is 2.44. The van der Waals surface area contributed by atoms with Crippen LogP contribution in [-0.4, -0.2) is 34.2 Å². The fourth-order valence-electron chi connectivity index (χ4n) is 2.44. The van der Waals surface area contributed by atoms with E-state index in [9.17, 15) is 9.59 Å². The highest BCUT2D eigenvalue weighted by atomic mass is 16.5. The van der Waals surface area contributed by atoms with E-state index >= 15 is 0 Å². The third-order valence-corrected chi connectivity index (χ3v) is 3.82. The molecule has 0 saturated carbocycles. The Bertz CT molecular complexity index is 755. The smallest absolute Gasteiger partial charge is 0.274 e. The van der Waals surface area contributed by atoms with Crippen molar-refractivity contribution in [2.24, 2.45) is 7.05 Å². The Kier molecular flexibility index (Phi) is 5.16. The van der Waals surface area contributed by atoms with Crippen LogP contribution in [0.2, 0.25) is 0 Å². The summed E-state index contributed by atoms with van der Waals surface area (Å²) in [6, 6.07) is 10.3. The summed E-state index contributed by atoms with van der Waals surface area (Å²) in [6.45, 7) is 4.40. The number of carbonyl (C=O) groups excluding carboxylic acids is 1. The largest absolute Gasteiger partial charge is 0.497 e. The van der Waals surface area contributed by atoms with E-state index in [1.165, 1.54) is 19.2 Å². The molecule has 2 aromatic rings. The second kappa shape index (κ2) is 7.09. The van der Waals surface area contributed by atoms with Gasteiger partial charge < -0.3 is 9.64 Å². The second-order valence-corrected chi connectivity index (χ2v) is 5.22. The minimum Gasteiger partial charge on any atom is -0.497 e. The summed E-state index contributed by atoms with van der Waals surface area (Å²) >= 11 is 0. The lowest BCUT2D eigenvalue weighted by molar-refractivity contribution is 0.0693. The van der Waals surface area contributed by atoms with Gasteiger partial charge in [0.2, 0.25) is 0 Å². The van der Waals surface area contributed by atoms with Crippen LogP contribution < -0.4 is 10.3 Å². The minimum absolute atomic E-state index is 0.137. The maximum atomic E-state index is 12.7. The molecule has 1 aromatic heterocycles. The number of aromatic nitrogens is 2. The van der Waals surface area contributed by atoms with E-state index < -0.39 is 0 Å². The Morgan fingerprint density at radius 3 is 2.70 bits per heavy atom. The van der Waals surface area contributed by atoms with Gasteiger partial charge in [0.05, 0.1) is 13.2 Å². The lowest BCUT2D eigenvalue weighted by Crippen LogP contribution is -2.35. The van der Waals surface area contributed by atoms with E-state index in [1.54, 1.807) is 12.0 Å². The number of nitrogens with zero attached hydrogens (tertiary/aromatic N) is 3. The number of rotatable bonds is 5. The monoisotopic (exact) mass is 315 g/mol. The SMILES string of the molecule is CCN(C(=O)c1ccc(=O)n(C)n1)C(C)c1cccc(OC)c1. The third-order valence-electron chi connectivity index (χ3n) is 3.82. The molecule has 1 atom stereocenters. The molecule has 0 radical (unpaired) electrons. The van der Waals surface area contributed by atoms with Crippen LogP contribution >= 0.6 is 0 Å². The van der Waals surface area contributed by atoms with Gasteiger partial charge in [0, 0.05) is 19.7 Å². The summed E-state index contributed by atoms with van der Waals surface area (Å²) in [5.74, 6) is 0.538. The van der Waals surface area contributed by atoms with Gasteiger partial charge in [0.1, 0.15) is 11.4 Å². The molecule has 0 N–H and O–H groups in total.